The van der Waals surface area contributed by atoms with Crippen LogP contribution in [0.15, 0.2) is 41.0 Å². The molecule has 2 rings (SSSR count). The zero-order chi connectivity index (χ0) is 14.7. The van der Waals surface area contributed by atoms with Gasteiger partial charge in [-0.05, 0) is 48.0 Å². The monoisotopic (exact) mass is 336 g/mol. The molecule has 0 aliphatic rings. The van der Waals surface area contributed by atoms with E-state index in [1.54, 1.807) is 10.6 Å². The maximum absolute atomic E-state index is 12.3. The second kappa shape index (κ2) is 6.13. The zero-order valence-corrected chi connectivity index (χ0v) is 13.3. The summed E-state index contributed by atoms with van der Waals surface area (Å²) in [6, 6.07) is 9.20. The first kappa shape index (κ1) is 14.7. The maximum Gasteiger partial charge on any atom is 0.272 e. The number of para-hydroxylation sites is 2. The lowest BCUT2D eigenvalue weighted by atomic mass is 10.2. The summed E-state index contributed by atoms with van der Waals surface area (Å²) in [4.78, 5) is 12.3. The summed E-state index contributed by atoms with van der Waals surface area (Å²) < 4.78 is 8.33. The molecule has 20 heavy (non-hydrogen) atoms. The van der Waals surface area contributed by atoms with Crippen LogP contribution < -0.4 is 10.1 Å². The summed E-state index contributed by atoms with van der Waals surface area (Å²) >= 11 is 3.36. The minimum atomic E-state index is -0.169. The molecular formula is C15H17BrN2O2. The fraction of sp³-hybridized carbons (Fsp3) is 0.267. The molecule has 1 amide bonds. The third-order valence-corrected chi connectivity index (χ3v) is 3.14. The van der Waals surface area contributed by atoms with Gasteiger partial charge in [-0.3, -0.25) is 4.79 Å². The van der Waals surface area contributed by atoms with Crippen LogP contribution >= 0.6 is 15.9 Å². The lowest BCUT2D eigenvalue weighted by Crippen LogP contribution is -2.16. The fourth-order valence-electron chi connectivity index (χ4n) is 1.86. The van der Waals surface area contributed by atoms with Crippen molar-refractivity contribution in [2.75, 3.05) is 5.32 Å². The van der Waals surface area contributed by atoms with Gasteiger partial charge >= 0.3 is 0 Å². The van der Waals surface area contributed by atoms with Crippen LogP contribution in [0.4, 0.5) is 5.69 Å². The molecule has 0 bridgehead atoms. The van der Waals surface area contributed by atoms with Crippen molar-refractivity contribution >= 4 is 27.5 Å². The molecule has 1 aromatic carbocycles. The number of nitrogens with one attached hydrogen (secondary N) is 1. The Bertz CT molecular complexity index is 620. The van der Waals surface area contributed by atoms with Crippen molar-refractivity contribution in [2.24, 2.45) is 7.05 Å². The Morgan fingerprint density at radius 3 is 2.65 bits per heavy atom. The normalized spacial score (nSPS) is 10.7. The Labute approximate surface area is 126 Å². The van der Waals surface area contributed by atoms with Gasteiger partial charge in [0.25, 0.3) is 5.91 Å². The molecule has 0 saturated heterocycles. The predicted octanol–water partition coefficient (Wildman–Crippen LogP) is 3.83. The molecule has 1 aromatic heterocycles. The highest BCUT2D eigenvalue weighted by molar-refractivity contribution is 9.10. The standard InChI is InChI=1S/C15H17BrN2O2/c1-10(2)20-14-7-5-4-6-12(14)17-15(19)13-8-11(16)9-18(13)3/h4-10H,1-3H3,(H,17,19). The number of benzene rings is 1. The summed E-state index contributed by atoms with van der Waals surface area (Å²) in [5.74, 6) is 0.502. The van der Waals surface area contributed by atoms with Crippen LogP contribution in [-0.2, 0) is 7.05 Å². The van der Waals surface area contributed by atoms with Gasteiger partial charge in [-0.2, -0.15) is 0 Å². The van der Waals surface area contributed by atoms with E-state index in [0.29, 0.717) is 17.1 Å². The first-order chi connectivity index (χ1) is 9.47. The van der Waals surface area contributed by atoms with Crippen LogP contribution in [0.3, 0.4) is 0 Å². The van der Waals surface area contributed by atoms with Crippen LogP contribution in [0.2, 0.25) is 0 Å². The summed E-state index contributed by atoms with van der Waals surface area (Å²) in [6.07, 6.45) is 1.89. The topological polar surface area (TPSA) is 43.3 Å². The molecule has 1 heterocycles. The van der Waals surface area contributed by atoms with Crippen molar-refractivity contribution in [3.63, 3.8) is 0 Å². The number of rotatable bonds is 4. The molecule has 0 saturated carbocycles. The Kier molecular flexibility index (Phi) is 4.49. The third kappa shape index (κ3) is 3.42. The summed E-state index contributed by atoms with van der Waals surface area (Å²) in [6.45, 7) is 3.90. The fourth-order valence-corrected chi connectivity index (χ4v) is 2.39. The van der Waals surface area contributed by atoms with Gasteiger partial charge in [0, 0.05) is 17.7 Å². The van der Waals surface area contributed by atoms with Gasteiger partial charge in [0.05, 0.1) is 11.8 Å². The highest BCUT2D eigenvalue weighted by atomic mass is 79.9. The number of nitrogens with zero attached hydrogens (tertiary/aromatic N) is 1. The number of amides is 1. The molecule has 106 valence electrons. The van der Waals surface area contributed by atoms with Gasteiger partial charge in [0.1, 0.15) is 11.4 Å². The van der Waals surface area contributed by atoms with E-state index in [2.05, 4.69) is 21.2 Å². The van der Waals surface area contributed by atoms with Crippen molar-refractivity contribution in [2.45, 2.75) is 20.0 Å². The van der Waals surface area contributed by atoms with E-state index in [1.807, 2.05) is 51.4 Å². The predicted molar refractivity (Wildman–Crippen MR) is 83.3 cm³/mol. The van der Waals surface area contributed by atoms with Crippen LogP contribution in [0, 0.1) is 0 Å². The van der Waals surface area contributed by atoms with Gasteiger partial charge in [0.15, 0.2) is 0 Å². The average Bonchev–Trinajstić information content (AvgIpc) is 2.70. The van der Waals surface area contributed by atoms with Gasteiger partial charge in [-0.1, -0.05) is 12.1 Å². The van der Waals surface area contributed by atoms with Crippen molar-refractivity contribution in [1.82, 2.24) is 4.57 Å². The number of aryl methyl sites for hydroxylation is 1. The SMILES string of the molecule is CC(C)Oc1ccccc1NC(=O)c1cc(Br)cn1C. The van der Waals surface area contributed by atoms with E-state index in [9.17, 15) is 4.79 Å². The number of hydrogen-bond donors (Lipinski definition) is 1. The summed E-state index contributed by atoms with van der Waals surface area (Å²) in [7, 11) is 1.83. The number of ether oxygens (including phenoxy) is 1. The Hall–Kier alpha value is -1.75. The van der Waals surface area contributed by atoms with E-state index < -0.39 is 0 Å². The Balaban J connectivity index is 2.22. The van der Waals surface area contributed by atoms with E-state index in [1.165, 1.54) is 0 Å². The van der Waals surface area contributed by atoms with E-state index in [0.717, 1.165) is 4.47 Å². The Morgan fingerprint density at radius 1 is 1.35 bits per heavy atom. The summed E-state index contributed by atoms with van der Waals surface area (Å²) in [5, 5.41) is 2.88. The van der Waals surface area contributed by atoms with E-state index in [-0.39, 0.29) is 12.0 Å². The molecule has 1 N–H and O–H groups in total. The Morgan fingerprint density at radius 2 is 2.05 bits per heavy atom. The second-order valence-corrected chi connectivity index (χ2v) is 5.69. The van der Waals surface area contributed by atoms with Crippen LogP contribution in [0.25, 0.3) is 0 Å². The molecule has 0 aliphatic carbocycles. The van der Waals surface area contributed by atoms with E-state index >= 15 is 0 Å². The molecule has 5 heteroatoms. The first-order valence-electron chi connectivity index (χ1n) is 6.36. The largest absolute Gasteiger partial charge is 0.489 e. The molecule has 0 unspecified atom stereocenters. The van der Waals surface area contributed by atoms with E-state index in [4.69, 9.17) is 4.74 Å². The number of carbonyl (C=O) groups is 1. The zero-order valence-electron chi connectivity index (χ0n) is 11.7. The van der Waals surface area contributed by atoms with Crippen LogP contribution in [0.5, 0.6) is 5.75 Å². The maximum atomic E-state index is 12.3. The van der Waals surface area contributed by atoms with Gasteiger partial charge in [0.2, 0.25) is 0 Å². The summed E-state index contributed by atoms with van der Waals surface area (Å²) in [5.41, 5.74) is 1.25. The first-order valence-corrected chi connectivity index (χ1v) is 7.15. The van der Waals surface area contributed by atoms with Gasteiger partial charge in [-0.25, -0.2) is 0 Å². The lowest BCUT2D eigenvalue weighted by Gasteiger charge is -2.14. The molecular weight excluding hydrogens is 320 g/mol. The molecule has 0 radical (unpaired) electrons. The molecule has 0 spiro atoms. The quantitative estimate of drug-likeness (QED) is 0.922. The molecule has 4 nitrogen and oxygen atoms in total. The minimum absolute atomic E-state index is 0.0530. The number of carbonyl (C=O) groups excluding carboxylic acids is 1. The molecule has 0 fully saturated rings. The molecule has 0 atom stereocenters. The third-order valence-electron chi connectivity index (χ3n) is 2.70. The smallest absolute Gasteiger partial charge is 0.272 e. The lowest BCUT2D eigenvalue weighted by molar-refractivity contribution is 0.101. The second-order valence-electron chi connectivity index (χ2n) is 4.77. The average molecular weight is 337 g/mol. The van der Waals surface area contributed by atoms with Crippen molar-refractivity contribution in [3.8, 4) is 5.75 Å². The van der Waals surface area contributed by atoms with Crippen molar-refractivity contribution in [1.29, 1.82) is 0 Å². The van der Waals surface area contributed by atoms with Gasteiger partial charge < -0.3 is 14.6 Å². The van der Waals surface area contributed by atoms with Crippen LogP contribution in [0.1, 0.15) is 24.3 Å². The van der Waals surface area contributed by atoms with Crippen LogP contribution in [-0.4, -0.2) is 16.6 Å². The molecule has 2 aromatic rings. The highest BCUT2D eigenvalue weighted by Gasteiger charge is 2.13. The number of aromatic nitrogens is 1. The van der Waals surface area contributed by atoms with Crippen molar-refractivity contribution in [3.05, 3.63) is 46.7 Å². The van der Waals surface area contributed by atoms with Gasteiger partial charge in [-0.15, -0.1) is 0 Å². The highest BCUT2D eigenvalue weighted by Crippen LogP contribution is 2.25. The number of hydrogen-bond acceptors (Lipinski definition) is 2. The number of anilines is 1. The number of halogens is 1. The van der Waals surface area contributed by atoms with Crippen molar-refractivity contribution < 1.29 is 9.53 Å². The minimum Gasteiger partial charge on any atom is -0.489 e. The molecule has 0 aliphatic heterocycles.